The van der Waals surface area contributed by atoms with E-state index in [1.165, 1.54) is 0 Å². The summed E-state index contributed by atoms with van der Waals surface area (Å²) in [6.07, 6.45) is 0.969. The monoisotopic (exact) mass is 134 g/mol. The van der Waals surface area contributed by atoms with Crippen LogP contribution in [-0.4, -0.2) is 34.4 Å². The van der Waals surface area contributed by atoms with Crippen LogP contribution < -0.4 is 11.1 Å². The molecule has 0 spiro atoms. The minimum atomic E-state index is 0.730. The summed E-state index contributed by atoms with van der Waals surface area (Å²) in [4.78, 5) is 0. The van der Waals surface area contributed by atoms with Gasteiger partial charge in [0.2, 0.25) is 0 Å². The van der Waals surface area contributed by atoms with Crippen molar-refractivity contribution < 1.29 is 4.74 Å². The largest absolute Gasteiger partial charge is 0.385 e. The smallest absolute Gasteiger partial charge is 0.0474 e. The Morgan fingerprint density at radius 2 is 1.89 bits per heavy atom. The molecule has 0 bridgehead atoms. The Morgan fingerprint density at radius 1 is 1.44 bits per heavy atom. The van der Waals surface area contributed by atoms with Crippen molar-refractivity contribution in [2.75, 3.05) is 34.4 Å². The van der Waals surface area contributed by atoms with Gasteiger partial charge < -0.3 is 15.8 Å². The van der Waals surface area contributed by atoms with E-state index in [9.17, 15) is 0 Å². The van der Waals surface area contributed by atoms with Gasteiger partial charge in [0.1, 0.15) is 0 Å². The van der Waals surface area contributed by atoms with Crippen LogP contribution in [0.1, 0.15) is 6.42 Å². The molecule has 9 heavy (non-hydrogen) atoms. The second-order valence-corrected chi connectivity index (χ2v) is 1.64. The molecule has 3 nitrogen and oxygen atoms in total. The van der Waals surface area contributed by atoms with E-state index < -0.39 is 0 Å². The Morgan fingerprint density at radius 3 is 2.00 bits per heavy atom. The number of hydrogen-bond donors (Lipinski definition) is 2. The summed E-state index contributed by atoms with van der Waals surface area (Å²) in [5.74, 6) is 0. The van der Waals surface area contributed by atoms with Crippen LogP contribution in [-0.2, 0) is 4.74 Å². The predicted molar refractivity (Wildman–Crippen MR) is 40.5 cm³/mol. The van der Waals surface area contributed by atoms with Crippen LogP contribution in [0.15, 0.2) is 0 Å². The summed E-state index contributed by atoms with van der Waals surface area (Å²) in [5.41, 5.74) is 5.13. The molecule has 0 radical (unpaired) electrons. The molecule has 0 aromatic heterocycles. The van der Waals surface area contributed by atoms with Gasteiger partial charge in [-0.2, -0.15) is 0 Å². The summed E-state index contributed by atoms with van der Waals surface area (Å²) in [7, 11) is 5.43. The summed E-state index contributed by atoms with van der Waals surface area (Å²) < 4.78 is 4.70. The van der Waals surface area contributed by atoms with E-state index in [0.717, 1.165) is 19.6 Å². The van der Waals surface area contributed by atoms with E-state index in [2.05, 4.69) is 5.32 Å². The first-order chi connectivity index (χ1) is 4.33. The van der Waals surface area contributed by atoms with Crippen molar-refractivity contribution in [2.45, 2.75) is 6.42 Å². The SMILES string of the molecule is CNC.COCCCN. The van der Waals surface area contributed by atoms with Crippen LogP contribution in [0.4, 0.5) is 0 Å². The summed E-state index contributed by atoms with van der Waals surface area (Å²) >= 11 is 0. The van der Waals surface area contributed by atoms with E-state index in [4.69, 9.17) is 10.5 Å². The molecule has 0 atom stereocenters. The molecular formula is C6H18N2O. The molecule has 58 valence electrons. The van der Waals surface area contributed by atoms with Crippen LogP contribution in [0.5, 0.6) is 0 Å². The number of ether oxygens (including phenoxy) is 1. The lowest BCUT2D eigenvalue weighted by Gasteiger charge is -1.89. The van der Waals surface area contributed by atoms with Gasteiger partial charge in [0, 0.05) is 13.7 Å². The second kappa shape index (κ2) is 15.7. The fourth-order valence-electron chi connectivity index (χ4n) is 0.228. The van der Waals surface area contributed by atoms with Gasteiger partial charge in [-0.1, -0.05) is 0 Å². The summed E-state index contributed by atoms with van der Waals surface area (Å²) in [6.45, 7) is 1.52. The first-order valence-corrected chi connectivity index (χ1v) is 3.11. The normalized spacial score (nSPS) is 8.00. The predicted octanol–water partition coefficient (Wildman–Crippen LogP) is -0.183. The first kappa shape index (κ1) is 11.6. The molecule has 0 saturated carbocycles. The molecule has 3 heteroatoms. The van der Waals surface area contributed by atoms with Crippen molar-refractivity contribution in [1.82, 2.24) is 5.32 Å². The summed E-state index contributed by atoms with van der Waals surface area (Å²) in [6, 6.07) is 0. The molecule has 0 rings (SSSR count). The lowest BCUT2D eigenvalue weighted by molar-refractivity contribution is 0.197. The summed E-state index contributed by atoms with van der Waals surface area (Å²) in [5, 5.41) is 2.75. The third kappa shape index (κ3) is 32.8. The topological polar surface area (TPSA) is 47.3 Å². The second-order valence-electron chi connectivity index (χ2n) is 1.64. The highest BCUT2D eigenvalue weighted by Gasteiger charge is 1.74. The zero-order valence-corrected chi connectivity index (χ0v) is 6.61. The van der Waals surface area contributed by atoms with Gasteiger partial charge in [0.15, 0.2) is 0 Å². The van der Waals surface area contributed by atoms with Crippen LogP contribution >= 0.6 is 0 Å². The van der Waals surface area contributed by atoms with E-state index in [1.807, 2.05) is 14.1 Å². The third-order valence-electron chi connectivity index (χ3n) is 0.553. The van der Waals surface area contributed by atoms with Gasteiger partial charge >= 0.3 is 0 Å². The van der Waals surface area contributed by atoms with E-state index >= 15 is 0 Å². The van der Waals surface area contributed by atoms with Crippen LogP contribution in [0.3, 0.4) is 0 Å². The Balaban J connectivity index is 0. The standard InChI is InChI=1S/C4H11NO.C2H7N/c1-6-4-2-3-5;1-3-2/h2-5H2,1H3;3H,1-2H3. The lowest BCUT2D eigenvalue weighted by atomic mass is 10.5. The molecule has 0 aliphatic rings. The van der Waals surface area contributed by atoms with Gasteiger partial charge in [0.25, 0.3) is 0 Å². The fraction of sp³-hybridized carbons (Fsp3) is 1.00. The Labute approximate surface area is 57.6 Å². The highest BCUT2D eigenvalue weighted by molar-refractivity contribution is 4.31. The van der Waals surface area contributed by atoms with E-state index in [1.54, 1.807) is 7.11 Å². The Kier molecular flexibility index (Phi) is 20.3. The van der Waals surface area contributed by atoms with Crippen molar-refractivity contribution in [3.05, 3.63) is 0 Å². The Bertz CT molecular complexity index is 30.2. The van der Waals surface area contributed by atoms with Gasteiger partial charge in [-0.15, -0.1) is 0 Å². The Hall–Kier alpha value is -0.120. The van der Waals surface area contributed by atoms with Gasteiger partial charge in [-0.05, 0) is 27.1 Å². The lowest BCUT2D eigenvalue weighted by Crippen LogP contribution is -2.01. The van der Waals surface area contributed by atoms with Crippen LogP contribution in [0, 0.1) is 0 Å². The van der Waals surface area contributed by atoms with E-state index in [-0.39, 0.29) is 0 Å². The molecule has 0 heterocycles. The zero-order chi connectivity index (χ0) is 7.54. The molecule has 3 N–H and O–H groups in total. The fourth-order valence-corrected chi connectivity index (χ4v) is 0.228. The average molecular weight is 134 g/mol. The van der Waals surface area contributed by atoms with Crippen molar-refractivity contribution in [3.63, 3.8) is 0 Å². The first-order valence-electron chi connectivity index (χ1n) is 3.11. The van der Waals surface area contributed by atoms with Crippen LogP contribution in [0.2, 0.25) is 0 Å². The number of methoxy groups -OCH3 is 1. The molecule has 0 saturated heterocycles. The molecule has 0 aromatic carbocycles. The molecule has 0 unspecified atom stereocenters. The maximum atomic E-state index is 5.13. The molecule has 0 aromatic rings. The number of rotatable bonds is 3. The highest BCUT2D eigenvalue weighted by Crippen LogP contribution is 1.70. The molecule has 0 amide bonds. The number of nitrogens with one attached hydrogen (secondary N) is 1. The van der Waals surface area contributed by atoms with Gasteiger partial charge in [-0.3, -0.25) is 0 Å². The maximum absolute atomic E-state index is 5.13. The van der Waals surface area contributed by atoms with Crippen molar-refractivity contribution >= 4 is 0 Å². The quantitative estimate of drug-likeness (QED) is 0.526. The third-order valence-corrected chi connectivity index (χ3v) is 0.553. The van der Waals surface area contributed by atoms with Gasteiger partial charge in [-0.25, -0.2) is 0 Å². The van der Waals surface area contributed by atoms with Crippen LogP contribution in [0.25, 0.3) is 0 Å². The molecule has 0 aliphatic heterocycles. The molecule has 0 aliphatic carbocycles. The van der Waals surface area contributed by atoms with Crippen molar-refractivity contribution in [3.8, 4) is 0 Å². The minimum absolute atomic E-state index is 0.730. The molecule has 0 fully saturated rings. The number of hydrogen-bond acceptors (Lipinski definition) is 3. The maximum Gasteiger partial charge on any atom is 0.0474 e. The van der Waals surface area contributed by atoms with E-state index in [0.29, 0.717) is 0 Å². The average Bonchev–Trinajstić information content (AvgIpc) is 1.86. The van der Waals surface area contributed by atoms with Crippen molar-refractivity contribution in [2.24, 2.45) is 5.73 Å². The zero-order valence-electron chi connectivity index (χ0n) is 6.61. The van der Waals surface area contributed by atoms with Gasteiger partial charge in [0.05, 0.1) is 0 Å². The highest BCUT2D eigenvalue weighted by atomic mass is 16.5. The minimum Gasteiger partial charge on any atom is -0.385 e. The van der Waals surface area contributed by atoms with Crippen molar-refractivity contribution in [1.29, 1.82) is 0 Å². The number of nitrogens with two attached hydrogens (primary N) is 1. The molecular weight excluding hydrogens is 116 g/mol.